The van der Waals surface area contributed by atoms with Crippen molar-refractivity contribution in [1.29, 1.82) is 10.7 Å². The van der Waals surface area contributed by atoms with Crippen LogP contribution in [0, 0.1) is 16.9 Å². The highest BCUT2D eigenvalue weighted by atomic mass is 19.4. The molecular formula is C35H17F6N3. The third kappa shape index (κ3) is 4.30. The van der Waals surface area contributed by atoms with Gasteiger partial charge in [0.1, 0.15) is 0 Å². The Labute approximate surface area is 244 Å². The molecule has 0 unspecified atom stereocenters. The first-order valence-corrected chi connectivity index (χ1v) is 13.3. The highest BCUT2D eigenvalue weighted by Gasteiger charge is 2.31. The molecule has 0 amide bonds. The van der Waals surface area contributed by atoms with Gasteiger partial charge in [-0.1, -0.05) is 48.5 Å². The van der Waals surface area contributed by atoms with Gasteiger partial charge < -0.3 is 0 Å². The molecule has 0 aliphatic heterocycles. The van der Waals surface area contributed by atoms with E-state index in [0.29, 0.717) is 49.2 Å². The third-order valence-electron chi connectivity index (χ3n) is 8.08. The van der Waals surface area contributed by atoms with Gasteiger partial charge >= 0.3 is 12.4 Å². The van der Waals surface area contributed by atoms with E-state index in [1.165, 1.54) is 24.3 Å². The lowest BCUT2D eigenvalue weighted by Crippen LogP contribution is -2.04. The van der Waals surface area contributed by atoms with Crippen LogP contribution in [0.4, 0.5) is 26.3 Å². The van der Waals surface area contributed by atoms with Crippen LogP contribution >= 0.6 is 0 Å². The fraction of sp³-hybridized carbons (Fsp3) is 0.0571. The van der Waals surface area contributed by atoms with E-state index in [4.69, 9.17) is 5.41 Å². The summed E-state index contributed by atoms with van der Waals surface area (Å²) in [6.07, 6.45) is -7.03. The van der Waals surface area contributed by atoms with Crippen LogP contribution in [0.2, 0.25) is 0 Å². The third-order valence-corrected chi connectivity index (χ3v) is 8.08. The molecule has 214 valence electrons. The Morgan fingerprint density at radius 1 is 0.477 bits per heavy atom. The number of hydrogen-bond donors (Lipinski definition) is 1. The molecule has 0 aliphatic rings. The second-order valence-electron chi connectivity index (χ2n) is 10.5. The Hall–Kier alpha value is -5.49. The number of alkyl halides is 6. The average molecular weight is 594 g/mol. The van der Waals surface area contributed by atoms with Crippen molar-refractivity contribution in [2.45, 2.75) is 12.4 Å². The van der Waals surface area contributed by atoms with Gasteiger partial charge in [-0.3, -0.25) is 5.41 Å². The molecule has 0 aromatic heterocycles. The average Bonchev–Trinajstić information content (AvgIpc) is 3.45. The molecule has 0 bridgehead atoms. The minimum atomic E-state index is -4.44. The molecule has 0 radical (unpaired) electrons. The van der Waals surface area contributed by atoms with Gasteiger partial charge in [0.05, 0.1) is 21.8 Å². The highest BCUT2D eigenvalue weighted by Crippen LogP contribution is 2.37. The number of halogens is 6. The number of fused-ring (bicyclic) bond motifs is 6. The summed E-state index contributed by atoms with van der Waals surface area (Å²) >= 11 is 0. The number of hydrogen-bond acceptors (Lipinski definition) is 3. The molecule has 0 heterocycles. The van der Waals surface area contributed by atoms with Crippen molar-refractivity contribution in [3.8, 4) is 28.4 Å². The van der Waals surface area contributed by atoms with Crippen LogP contribution < -0.4 is 10.7 Å². The second-order valence-corrected chi connectivity index (χ2v) is 10.5. The fourth-order valence-electron chi connectivity index (χ4n) is 5.93. The van der Waals surface area contributed by atoms with E-state index in [0.717, 1.165) is 45.8 Å². The first-order valence-electron chi connectivity index (χ1n) is 13.3. The summed E-state index contributed by atoms with van der Waals surface area (Å²) in [6.45, 7) is 0. The molecule has 0 atom stereocenters. The lowest BCUT2D eigenvalue weighted by atomic mass is 10.0. The zero-order valence-electron chi connectivity index (χ0n) is 22.4. The van der Waals surface area contributed by atoms with Crippen LogP contribution in [0.25, 0.3) is 65.3 Å². The molecule has 0 aliphatic carbocycles. The quantitative estimate of drug-likeness (QED) is 0.158. The Balaban J connectivity index is 1.39. The summed E-state index contributed by atoms with van der Waals surface area (Å²) in [5.41, 5.74) is 1.03. The van der Waals surface area contributed by atoms with Crippen LogP contribution in [0.15, 0.2) is 102 Å². The standard InChI is InChI=1S/C35H17F6N3/c36-34(37,38)22-7-1-18(2-8-22)20-5-11-24-26-15-27-25-12-6-21(19-3-9-23(10-4-19)35(39,40)41)14-30(25)33(44-17-42)31(27)16-29(26)32(43)28(24)13-20/h1-16,43H/b43-32?,44-33-. The molecule has 1 N–H and O–H groups in total. The minimum absolute atomic E-state index is 0.240. The number of nitrogens with zero attached hydrogens (tertiary/aromatic N) is 2. The molecule has 9 heteroatoms. The highest BCUT2D eigenvalue weighted by molar-refractivity contribution is 6.21. The largest absolute Gasteiger partial charge is 0.416 e. The van der Waals surface area contributed by atoms with E-state index in [1.807, 2.05) is 36.5 Å². The Morgan fingerprint density at radius 3 is 1.36 bits per heavy atom. The lowest BCUT2D eigenvalue weighted by molar-refractivity contribution is -0.138. The van der Waals surface area contributed by atoms with Crippen molar-refractivity contribution in [1.82, 2.24) is 0 Å². The summed E-state index contributed by atoms with van der Waals surface area (Å²) in [7, 11) is 0. The first kappa shape index (κ1) is 27.3. The van der Waals surface area contributed by atoms with Crippen molar-refractivity contribution in [2.24, 2.45) is 4.99 Å². The van der Waals surface area contributed by atoms with Crippen molar-refractivity contribution in [3.05, 3.63) is 119 Å². The van der Waals surface area contributed by atoms with Crippen LogP contribution in [0.5, 0.6) is 0 Å². The maximum absolute atomic E-state index is 13.1. The number of nitrogens with one attached hydrogen (secondary N) is 1. The maximum atomic E-state index is 13.1. The lowest BCUT2D eigenvalue weighted by Gasteiger charge is -2.08. The summed E-state index contributed by atoms with van der Waals surface area (Å²) in [6, 6.07) is 24.4. The first-order chi connectivity index (χ1) is 20.9. The smallest absolute Gasteiger partial charge is 0.300 e. The van der Waals surface area contributed by atoms with Crippen LogP contribution in [-0.4, -0.2) is 0 Å². The molecular weight excluding hydrogens is 576 g/mol. The Bertz CT molecular complexity index is 2420. The SMILES string of the molecule is N#C/N=c1/c2cc(-c3ccc(C(F)(F)F)cc3)ccc2c2cc3c(cc12)c(=N)c1cc(-c2ccc(C(F)(F)F)cc2)ccc13. The van der Waals surface area contributed by atoms with Crippen LogP contribution in [0.1, 0.15) is 11.1 Å². The van der Waals surface area contributed by atoms with Gasteiger partial charge in [0.25, 0.3) is 0 Å². The van der Waals surface area contributed by atoms with Crippen molar-refractivity contribution >= 4 is 43.1 Å². The molecule has 7 aromatic carbocycles. The van der Waals surface area contributed by atoms with Crippen molar-refractivity contribution < 1.29 is 26.3 Å². The number of nitriles is 1. The predicted octanol–water partition coefficient (Wildman–Crippen LogP) is 9.41. The molecule has 0 saturated carbocycles. The maximum Gasteiger partial charge on any atom is 0.416 e. The van der Waals surface area contributed by atoms with Gasteiger partial charge in [-0.05, 0) is 92.3 Å². The van der Waals surface area contributed by atoms with E-state index in [2.05, 4.69) is 4.99 Å². The molecule has 0 fully saturated rings. The van der Waals surface area contributed by atoms with Gasteiger partial charge in [0, 0.05) is 21.5 Å². The molecule has 0 spiro atoms. The summed E-state index contributed by atoms with van der Waals surface area (Å²) in [5, 5.41) is 24.9. The summed E-state index contributed by atoms with van der Waals surface area (Å²) in [5.74, 6) is 0. The minimum Gasteiger partial charge on any atom is -0.300 e. The van der Waals surface area contributed by atoms with E-state index >= 15 is 0 Å². The summed E-state index contributed by atoms with van der Waals surface area (Å²) < 4.78 is 78.3. The van der Waals surface area contributed by atoms with Gasteiger partial charge in [0.2, 0.25) is 6.19 Å². The Kier molecular flexibility index (Phi) is 5.91. The van der Waals surface area contributed by atoms with Crippen molar-refractivity contribution in [2.75, 3.05) is 0 Å². The second kappa shape index (κ2) is 9.51. The van der Waals surface area contributed by atoms with Crippen LogP contribution in [-0.2, 0) is 12.4 Å². The van der Waals surface area contributed by atoms with Crippen molar-refractivity contribution in [3.63, 3.8) is 0 Å². The van der Waals surface area contributed by atoms with E-state index in [9.17, 15) is 31.6 Å². The Morgan fingerprint density at radius 2 is 0.864 bits per heavy atom. The topological polar surface area (TPSA) is 60.0 Å². The summed E-state index contributed by atoms with van der Waals surface area (Å²) in [4.78, 5) is 4.09. The molecule has 7 aromatic rings. The fourth-order valence-corrected chi connectivity index (χ4v) is 5.93. The molecule has 0 saturated heterocycles. The van der Waals surface area contributed by atoms with E-state index in [1.54, 1.807) is 18.2 Å². The van der Waals surface area contributed by atoms with E-state index < -0.39 is 23.5 Å². The normalized spacial score (nSPS) is 13.0. The number of benzene rings is 5. The van der Waals surface area contributed by atoms with Gasteiger partial charge in [-0.15, -0.1) is 0 Å². The molecule has 44 heavy (non-hydrogen) atoms. The predicted molar refractivity (Wildman–Crippen MR) is 157 cm³/mol. The van der Waals surface area contributed by atoms with Gasteiger partial charge in [-0.25, -0.2) is 0 Å². The molecule has 7 rings (SSSR count). The van der Waals surface area contributed by atoms with E-state index in [-0.39, 0.29) is 5.36 Å². The zero-order chi connectivity index (χ0) is 31.0. The number of rotatable bonds is 2. The van der Waals surface area contributed by atoms with Gasteiger partial charge in [0.15, 0.2) is 0 Å². The van der Waals surface area contributed by atoms with Crippen LogP contribution in [0.3, 0.4) is 0 Å². The zero-order valence-corrected chi connectivity index (χ0v) is 22.4. The molecule has 3 nitrogen and oxygen atoms in total. The monoisotopic (exact) mass is 593 g/mol. The van der Waals surface area contributed by atoms with Gasteiger partial charge in [-0.2, -0.15) is 36.6 Å².